The van der Waals surface area contributed by atoms with Gasteiger partial charge in [-0.1, -0.05) is 54.6 Å². The fourth-order valence-corrected chi connectivity index (χ4v) is 4.89. The van der Waals surface area contributed by atoms with Crippen molar-refractivity contribution in [3.8, 4) is 0 Å². The Kier molecular flexibility index (Phi) is 6.60. The van der Waals surface area contributed by atoms with E-state index in [2.05, 4.69) is 91.0 Å². The molecule has 107 valence electrons. The van der Waals surface area contributed by atoms with Crippen molar-refractivity contribution in [2.45, 2.75) is 0 Å². The van der Waals surface area contributed by atoms with Crippen LogP contribution in [0.15, 0.2) is 91.0 Å². The topological polar surface area (TPSA) is 17.1 Å². The first-order chi connectivity index (χ1) is 10.4. The van der Waals surface area contributed by atoms with Crippen molar-refractivity contribution < 1.29 is 21.8 Å². The van der Waals surface area contributed by atoms with Crippen LogP contribution in [0.4, 0.5) is 0 Å². The third kappa shape index (κ3) is 4.24. The summed E-state index contributed by atoms with van der Waals surface area (Å²) < 4.78 is 8.14. The predicted octanol–water partition coefficient (Wildman–Crippen LogP) is 3.06. The Balaban J connectivity index is 0.000000774. The van der Waals surface area contributed by atoms with Gasteiger partial charge in [0.1, 0.15) is 15.9 Å². The smallest absolute Gasteiger partial charge is 0.0620 e. The molecular weight excluding hydrogens is 366 g/mol. The van der Waals surface area contributed by atoms with Gasteiger partial charge in [0.25, 0.3) is 0 Å². The van der Waals surface area contributed by atoms with Gasteiger partial charge >= 0.3 is 21.8 Å². The molecule has 0 atom stereocenters. The van der Waals surface area contributed by atoms with Gasteiger partial charge in [0.05, 0.1) is 7.92 Å². The summed E-state index contributed by atoms with van der Waals surface area (Å²) in [6.45, 7) is 0. The minimum Gasteiger partial charge on any atom is -0.0620 e. The van der Waals surface area contributed by atoms with E-state index in [0.29, 0.717) is 0 Å². The molecule has 3 heteroatoms. The van der Waals surface area contributed by atoms with Crippen molar-refractivity contribution in [3.05, 3.63) is 91.0 Å². The number of hydrogen-bond donors (Lipinski definition) is 0. The molecule has 0 bridgehead atoms. The van der Waals surface area contributed by atoms with Crippen molar-refractivity contribution in [1.82, 2.24) is 0 Å². The summed E-state index contributed by atoms with van der Waals surface area (Å²) in [5, 5.41) is 4.31. The summed E-state index contributed by atoms with van der Waals surface area (Å²) >= 11 is 1.30. The van der Waals surface area contributed by atoms with Gasteiger partial charge in [-0.2, -0.15) is 0 Å². The molecule has 0 saturated carbocycles. The Morgan fingerprint density at radius 1 is 0.476 bits per heavy atom. The van der Waals surface area contributed by atoms with Crippen LogP contribution >= 0.6 is 7.92 Å². The van der Waals surface area contributed by atoms with Crippen LogP contribution in [0.25, 0.3) is 0 Å². The number of hydrogen-bond acceptors (Lipinski definition) is 1. The predicted molar refractivity (Wildman–Crippen MR) is 87.2 cm³/mol. The molecule has 3 aromatic rings. The van der Waals surface area contributed by atoms with E-state index in [4.69, 9.17) is 3.57 Å². The third-order valence-corrected chi connectivity index (χ3v) is 5.92. The van der Waals surface area contributed by atoms with Crippen molar-refractivity contribution in [2.75, 3.05) is 0 Å². The fourth-order valence-electron chi connectivity index (χ4n) is 2.31. The summed E-state index contributed by atoms with van der Waals surface area (Å²) in [7, 11) is -0.877. The summed E-state index contributed by atoms with van der Waals surface area (Å²) in [5.74, 6) is 0. The Hall–Kier alpha value is -1.49. The van der Waals surface area contributed by atoms with Crippen molar-refractivity contribution >= 4 is 23.8 Å². The SMILES string of the molecule is [O]=[Rh].c1ccc([PH+](c2ccccc2)c2ccccc2)cc1. The first-order valence-corrected chi connectivity index (χ1v) is 8.79. The molecule has 0 spiro atoms. The summed E-state index contributed by atoms with van der Waals surface area (Å²) in [6, 6.07) is 32.5. The van der Waals surface area contributed by atoms with E-state index >= 15 is 0 Å². The second-order valence-electron chi connectivity index (χ2n) is 4.47. The number of rotatable bonds is 3. The molecule has 0 aliphatic rings. The molecule has 3 aromatic carbocycles. The van der Waals surface area contributed by atoms with Gasteiger partial charge in [-0.3, -0.25) is 0 Å². The second kappa shape index (κ2) is 8.72. The van der Waals surface area contributed by atoms with E-state index in [9.17, 15) is 0 Å². The Morgan fingerprint density at radius 2 is 0.714 bits per heavy atom. The van der Waals surface area contributed by atoms with Gasteiger partial charge in [-0.15, -0.1) is 0 Å². The first-order valence-electron chi connectivity index (χ1n) is 6.62. The molecule has 0 radical (unpaired) electrons. The molecule has 3 rings (SSSR count). The summed E-state index contributed by atoms with van der Waals surface area (Å²) in [5.41, 5.74) is 0. The van der Waals surface area contributed by atoms with Gasteiger partial charge < -0.3 is 0 Å². The standard InChI is InChI=1S/C18H15P.O.Rh/c1-4-10-16(11-5-1)19(17-12-6-2-7-13-17)18-14-8-3-9-15-18;;/h1-15H;;/p+1. The maximum absolute atomic E-state index is 8.14. The molecule has 0 aromatic heterocycles. The van der Waals surface area contributed by atoms with Gasteiger partial charge in [0.15, 0.2) is 0 Å². The van der Waals surface area contributed by atoms with Crippen molar-refractivity contribution in [3.63, 3.8) is 0 Å². The quantitative estimate of drug-likeness (QED) is 0.503. The summed E-state index contributed by atoms with van der Waals surface area (Å²) in [6.07, 6.45) is 0. The molecule has 0 heterocycles. The van der Waals surface area contributed by atoms with Crippen LogP contribution in [-0.4, -0.2) is 0 Å². The monoisotopic (exact) mass is 382 g/mol. The van der Waals surface area contributed by atoms with Crippen molar-refractivity contribution in [1.29, 1.82) is 0 Å². The van der Waals surface area contributed by atoms with E-state index in [1.165, 1.54) is 34.2 Å². The average Bonchev–Trinajstić information content (AvgIpc) is 2.60. The van der Waals surface area contributed by atoms with Crippen LogP contribution < -0.4 is 15.9 Å². The number of benzene rings is 3. The van der Waals surface area contributed by atoms with E-state index in [1.807, 2.05) is 0 Å². The third-order valence-electron chi connectivity index (χ3n) is 3.19. The Labute approximate surface area is 136 Å². The molecule has 0 saturated heterocycles. The van der Waals surface area contributed by atoms with Gasteiger partial charge in [-0.25, -0.2) is 0 Å². The van der Waals surface area contributed by atoms with E-state index in [-0.39, 0.29) is 0 Å². The van der Waals surface area contributed by atoms with E-state index in [0.717, 1.165) is 0 Å². The largest absolute Gasteiger partial charge is 0.102 e. The van der Waals surface area contributed by atoms with Gasteiger partial charge in [0.2, 0.25) is 0 Å². The molecule has 0 aliphatic carbocycles. The maximum atomic E-state index is 8.14. The van der Waals surface area contributed by atoms with Crippen molar-refractivity contribution in [2.24, 2.45) is 0 Å². The van der Waals surface area contributed by atoms with Crippen LogP contribution in [0.5, 0.6) is 0 Å². The Morgan fingerprint density at radius 3 is 0.952 bits per heavy atom. The zero-order valence-corrected chi connectivity index (χ0v) is 14.0. The normalized spacial score (nSPS) is 9.81. The Bertz CT molecular complexity index is 550. The van der Waals surface area contributed by atoms with E-state index < -0.39 is 7.92 Å². The average molecular weight is 382 g/mol. The molecule has 0 aliphatic heterocycles. The first kappa shape index (κ1) is 15.9. The molecule has 1 nitrogen and oxygen atoms in total. The van der Waals surface area contributed by atoms with Crippen LogP contribution in [0.1, 0.15) is 0 Å². The molecule has 21 heavy (non-hydrogen) atoms. The molecule has 0 amide bonds. The molecule has 0 unspecified atom stereocenters. The zero-order chi connectivity index (χ0) is 14.9. The molecule has 0 N–H and O–H groups in total. The zero-order valence-electron chi connectivity index (χ0n) is 11.4. The fraction of sp³-hybridized carbons (Fsp3) is 0. The van der Waals surface area contributed by atoms with Crippen LogP contribution in [0.3, 0.4) is 0 Å². The van der Waals surface area contributed by atoms with Crippen LogP contribution in [0, 0.1) is 0 Å². The van der Waals surface area contributed by atoms with E-state index in [1.54, 1.807) is 0 Å². The maximum Gasteiger partial charge on any atom is 0.102 e. The van der Waals surface area contributed by atoms with Crippen LogP contribution in [-0.2, 0) is 21.8 Å². The minimum absolute atomic E-state index is 0.877. The van der Waals surface area contributed by atoms with Gasteiger partial charge in [0, 0.05) is 0 Å². The molecule has 0 fully saturated rings. The second-order valence-corrected chi connectivity index (χ2v) is 6.96. The van der Waals surface area contributed by atoms with Gasteiger partial charge in [-0.05, 0) is 36.4 Å². The minimum atomic E-state index is -0.877. The van der Waals surface area contributed by atoms with Crippen LogP contribution in [0.2, 0.25) is 0 Å². The summed E-state index contributed by atoms with van der Waals surface area (Å²) in [4.78, 5) is 0. The molecular formula is C18H16OPRh+.